The molecule has 1 aromatic heterocycles. The van der Waals surface area contributed by atoms with Crippen molar-refractivity contribution in [3.8, 4) is 23.7 Å². The monoisotopic (exact) mass is 284 g/mol. The molecule has 1 aromatic carbocycles. The van der Waals surface area contributed by atoms with Crippen LogP contribution in [0.1, 0.15) is 22.8 Å². The van der Waals surface area contributed by atoms with Gasteiger partial charge in [0.15, 0.2) is 0 Å². The standard InChI is InChI=1S/C16H16N2O3/c1-11-5-4-6-12(9-11)14(19)8-7-13-10-17-16(21-3)18-15(13)20-2/h4-6,9-10,14,19H,1-3H3. The third kappa shape index (κ3) is 3.71. The number of aliphatic hydroxyl groups excluding tert-OH is 1. The van der Waals surface area contributed by atoms with Crippen molar-refractivity contribution in [2.45, 2.75) is 13.0 Å². The van der Waals surface area contributed by atoms with Gasteiger partial charge in [-0.15, -0.1) is 0 Å². The molecule has 0 aliphatic heterocycles. The largest absolute Gasteiger partial charge is 0.480 e. The SMILES string of the molecule is COc1ncc(C#CC(O)c2cccc(C)c2)c(OC)n1. The van der Waals surface area contributed by atoms with Crippen LogP contribution in [0.3, 0.4) is 0 Å². The number of methoxy groups -OCH3 is 2. The molecule has 1 N–H and O–H groups in total. The van der Waals surface area contributed by atoms with Crippen LogP contribution in [0, 0.1) is 18.8 Å². The fourth-order valence-electron chi connectivity index (χ4n) is 1.76. The highest BCUT2D eigenvalue weighted by atomic mass is 16.5. The minimum atomic E-state index is -0.878. The third-order valence-corrected chi connectivity index (χ3v) is 2.81. The number of aliphatic hydroxyl groups is 1. The van der Waals surface area contributed by atoms with E-state index in [1.165, 1.54) is 20.4 Å². The smallest absolute Gasteiger partial charge is 0.319 e. The minimum absolute atomic E-state index is 0.205. The number of hydrogen-bond donors (Lipinski definition) is 1. The quantitative estimate of drug-likeness (QED) is 0.872. The third-order valence-electron chi connectivity index (χ3n) is 2.81. The van der Waals surface area contributed by atoms with E-state index in [4.69, 9.17) is 9.47 Å². The van der Waals surface area contributed by atoms with Crippen LogP contribution in [0.15, 0.2) is 30.5 Å². The summed E-state index contributed by atoms with van der Waals surface area (Å²) in [5.74, 6) is 5.90. The van der Waals surface area contributed by atoms with Gasteiger partial charge in [-0.3, -0.25) is 0 Å². The van der Waals surface area contributed by atoms with Crippen molar-refractivity contribution < 1.29 is 14.6 Å². The Morgan fingerprint density at radius 2 is 2.05 bits per heavy atom. The Morgan fingerprint density at radius 3 is 2.71 bits per heavy atom. The lowest BCUT2D eigenvalue weighted by molar-refractivity contribution is 0.238. The van der Waals surface area contributed by atoms with E-state index < -0.39 is 6.10 Å². The fourth-order valence-corrected chi connectivity index (χ4v) is 1.76. The second-order valence-corrected chi connectivity index (χ2v) is 4.37. The van der Waals surface area contributed by atoms with Gasteiger partial charge in [0.1, 0.15) is 11.7 Å². The van der Waals surface area contributed by atoms with Crippen molar-refractivity contribution >= 4 is 0 Å². The van der Waals surface area contributed by atoms with Crippen molar-refractivity contribution in [2.24, 2.45) is 0 Å². The zero-order valence-corrected chi connectivity index (χ0v) is 12.1. The van der Waals surface area contributed by atoms with Crippen LogP contribution in [-0.2, 0) is 0 Å². The molecule has 0 fully saturated rings. The Bertz CT molecular complexity index is 689. The Morgan fingerprint density at radius 1 is 1.24 bits per heavy atom. The molecule has 0 radical (unpaired) electrons. The first-order valence-electron chi connectivity index (χ1n) is 6.35. The van der Waals surface area contributed by atoms with Gasteiger partial charge in [0.25, 0.3) is 0 Å². The maximum absolute atomic E-state index is 10.1. The zero-order valence-electron chi connectivity index (χ0n) is 12.1. The number of nitrogens with zero attached hydrogens (tertiary/aromatic N) is 2. The minimum Gasteiger partial charge on any atom is -0.480 e. The topological polar surface area (TPSA) is 64.5 Å². The summed E-state index contributed by atoms with van der Waals surface area (Å²) >= 11 is 0. The second kappa shape index (κ2) is 6.73. The molecule has 1 unspecified atom stereocenters. The molecule has 2 rings (SSSR count). The van der Waals surface area contributed by atoms with E-state index in [1.54, 1.807) is 0 Å². The molecule has 0 aliphatic carbocycles. The predicted octanol–water partition coefficient (Wildman–Crippen LogP) is 1.89. The molecule has 0 saturated carbocycles. The molecule has 21 heavy (non-hydrogen) atoms. The highest BCUT2D eigenvalue weighted by Gasteiger charge is 2.07. The van der Waals surface area contributed by atoms with E-state index in [0.29, 0.717) is 11.4 Å². The van der Waals surface area contributed by atoms with Gasteiger partial charge in [0, 0.05) is 0 Å². The molecular weight excluding hydrogens is 268 g/mol. The molecule has 0 saturated heterocycles. The van der Waals surface area contributed by atoms with E-state index in [9.17, 15) is 5.11 Å². The zero-order chi connectivity index (χ0) is 15.2. The van der Waals surface area contributed by atoms with Crippen LogP contribution in [0.4, 0.5) is 0 Å². The molecular formula is C16H16N2O3. The molecule has 0 aliphatic rings. The summed E-state index contributed by atoms with van der Waals surface area (Å²) in [4.78, 5) is 8.01. The first-order valence-corrected chi connectivity index (χ1v) is 6.35. The van der Waals surface area contributed by atoms with Crippen LogP contribution < -0.4 is 9.47 Å². The normalized spacial score (nSPS) is 11.2. The van der Waals surface area contributed by atoms with Crippen molar-refractivity contribution in [3.63, 3.8) is 0 Å². The summed E-state index contributed by atoms with van der Waals surface area (Å²) in [5.41, 5.74) is 2.31. The fraction of sp³-hybridized carbons (Fsp3) is 0.250. The summed E-state index contributed by atoms with van der Waals surface area (Å²) < 4.78 is 10.0. The number of hydrogen-bond acceptors (Lipinski definition) is 5. The average molecular weight is 284 g/mol. The summed E-state index contributed by atoms with van der Waals surface area (Å²) in [6.45, 7) is 1.96. The highest BCUT2D eigenvalue weighted by molar-refractivity contribution is 5.42. The Hall–Kier alpha value is -2.58. The van der Waals surface area contributed by atoms with E-state index in [0.717, 1.165) is 11.1 Å². The van der Waals surface area contributed by atoms with Gasteiger partial charge in [0.2, 0.25) is 5.88 Å². The summed E-state index contributed by atoms with van der Waals surface area (Å²) in [7, 11) is 2.96. The van der Waals surface area contributed by atoms with Crippen LogP contribution in [0.25, 0.3) is 0 Å². The van der Waals surface area contributed by atoms with E-state index in [2.05, 4.69) is 21.8 Å². The average Bonchev–Trinajstić information content (AvgIpc) is 2.52. The van der Waals surface area contributed by atoms with Crippen molar-refractivity contribution in [1.29, 1.82) is 0 Å². The van der Waals surface area contributed by atoms with E-state index in [-0.39, 0.29) is 6.01 Å². The number of aromatic nitrogens is 2. The highest BCUT2D eigenvalue weighted by Crippen LogP contribution is 2.17. The maximum Gasteiger partial charge on any atom is 0.319 e. The molecule has 5 heteroatoms. The van der Waals surface area contributed by atoms with Gasteiger partial charge in [-0.25, -0.2) is 4.98 Å². The van der Waals surface area contributed by atoms with Crippen molar-refractivity contribution in [2.75, 3.05) is 14.2 Å². The number of aryl methyl sites for hydroxylation is 1. The molecule has 0 spiro atoms. The Kier molecular flexibility index (Phi) is 4.75. The maximum atomic E-state index is 10.1. The summed E-state index contributed by atoms with van der Waals surface area (Å²) in [6.07, 6.45) is 0.623. The lowest BCUT2D eigenvalue weighted by atomic mass is 10.1. The molecule has 108 valence electrons. The Labute approximate surface area is 123 Å². The van der Waals surface area contributed by atoms with Crippen LogP contribution in [0.2, 0.25) is 0 Å². The second-order valence-electron chi connectivity index (χ2n) is 4.37. The van der Waals surface area contributed by atoms with Gasteiger partial charge in [-0.05, 0) is 12.5 Å². The van der Waals surface area contributed by atoms with Crippen LogP contribution >= 0.6 is 0 Å². The first-order chi connectivity index (χ1) is 10.1. The predicted molar refractivity (Wildman–Crippen MR) is 78.2 cm³/mol. The van der Waals surface area contributed by atoms with Gasteiger partial charge < -0.3 is 14.6 Å². The molecule has 0 bridgehead atoms. The summed E-state index contributed by atoms with van der Waals surface area (Å²) in [6, 6.07) is 7.77. The molecule has 2 aromatic rings. The lowest BCUT2D eigenvalue weighted by Crippen LogP contribution is -1.98. The molecule has 5 nitrogen and oxygen atoms in total. The van der Waals surface area contributed by atoms with Crippen molar-refractivity contribution in [1.82, 2.24) is 9.97 Å². The van der Waals surface area contributed by atoms with Gasteiger partial charge in [-0.1, -0.05) is 41.7 Å². The van der Waals surface area contributed by atoms with Gasteiger partial charge in [-0.2, -0.15) is 4.98 Å². The molecule has 1 heterocycles. The number of benzene rings is 1. The number of rotatable bonds is 3. The van der Waals surface area contributed by atoms with Crippen molar-refractivity contribution in [3.05, 3.63) is 47.2 Å². The lowest BCUT2D eigenvalue weighted by Gasteiger charge is -2.05. The molecule has 1 atom stereocenters. The number of ether oxygens (including phenoxy) is 2. The van der Waals surface area contributed by atoms with Gasteiger partial charge >= 0.3 is 6.01 Å². The van der Waals surface area contributed by atoms with E-state index in [1.807, 2.05) is 31.2 Å². The van der Waals surface area contributed by atoms with Crippen LogP contribution in [-0.4, -0.2) is 29.3 Å². The first kappa shape index (κ1) is 14.8. The van der Waals surface area contributed by atoms with E-state index >= 15 is 0 Å². The Balaban J connectivity index is 2.26. The van der Waals surface area contributed by atoms with Crippen LogP contribution in [0.5, 0.6) is 11.9 Å². The van der Waals surface area contributed by atoms with Gasteiger partial charge in [0.05, 0.1) is 20.4 Å². The summed E-state index contributed by atoms with van der Waals surface area (Å²) in [5, 5.41) is 10.1. The molecule has 0 amide bonds.